The molecule has 5 nitrogen and oxygen atoms in total. The first-order valence-electron chi connectivity index (χ1n) is 10.7. The number of unbranched alkanes of at least 4 members (excludes halogenated alkanes) is 1. The zero-order valence-corrected chi connectivity index (χ0v) is 16.5. The summed E-state index contributed by atoms with van der Waals surface area (Å²) in [5, 5.41) is 6.24. The summed E-state index contributed by atoms with van der Waals surface area (Å²) in [4.78, 5) is 24.1. The number of carbonyl (C=O) groups excluding carboxylic acids is 2. The lowest BCUT2D eigenvalue weighted by atomic mass is 9.53. The standard InChI is InChI=1S/C21H36N2O3/c1-3-4-6-15(2)26-19(24)7-5-8-22-20(25)23-21-12-16-9-17(13-21)11-18(10-16)14-21/h15-18H,3-14H2,1-2H3,(H2,22,23,25). The number of rotatable bonds is 9. The molecule has 1 unspecified atom stereocenters. The van der Waals surface area contributed by atoms with Gasteiger partial charge in [-0.2, -0.15) is 0 Å². The number of esters is 1. The predicted octanol–water partition coefficient (Wildman–Crippen LogP) is 4.16. The fourth-order valence-electron chi connectivity index (χ4n) is 5.82. The van der Waals surface area contributed by atoms with Crippen LogP contribution in [0.15, 0.2) is 0 Å². The SMILES string of the molecule is CCCCC(C)OC(=O)CCCNC(=O)NC12CC3CC(CC(C3)C1)C2. The average Bonchev–Trinajstić information content (AvgIpc) is 2.55. The van der Waals surface area contributed by atoms with Crippen LogP contribution in [0.2, 0.25) is 0 Å². The van der Waals surface area contributed by atoms with Gasteiger partial charge in [0, 0.05) is 18.5 Å². The fraction of sp³-hybridized carbons (Fsp3) is 0.905. The minimum atomic E-state index is -0.156. The number of amides is 2. The zero-order valence-electron chi connectivity index (χ0n) is 16.5. The smallest absolute Gasteiger partial charge is 0.315 e. The van der Waals surface area contributed by atoms with Crippen LogP contribution in [-0.2, 0) is 9.53 Å². The van der Waals surface area contributed by atoms with Gasteiger partial charge in [0.2, 0.25) is 0 Å². The molecule has 0 aromatic carbocycles. The van der Waals surface area contributed by atoms with Gasteiger partial charge in [-0.15, -0.1) is 0 Å². The molecule has 0 heterocycles. The van der Waals surface area contributed by atoms with Gasteiger partial charge in [0.15, 0.2) is 0 Å². The highest BCUT2D eigenvalue weighted by Gasteiger charge is 2.51. The van der Waals surface area contributed by atoms with E-state index in [1.54, 1.807) is 0 Å². The largest absolute Gasteiger partial charge is 0.463 e. The summed E-state index contributed by atoms with van der Waals surface area (Å²) in [6, 6.07) is -0.0587. The molecule has 4 aliphatic carbocycles. The predicted molar refractivity (Wildman–Crippen MR) is 102 cm³/mol. The van der Waals surface area contributed by atoms with Gasteiger partial charge < -0.3 is 15.4 Å². The van der Waals surface area contributed by atoms with Crippen molar-refractivity contribution in [2.45, 2.75) is 96.1 Å². The lowest BCUT2D eigenvalue weighted by molar-refractivity contribution is -0.148. The van der Waals surface area contributed by atoms with E-state index in [0.717, 1.165) is 56.3 Å². The minimum Gasteiger partial charge on any atom is -0.463 e. The topological polar surface area (TPSA) is 67.4 Å². The van der Waals surface area contributed by atoms with Crippen LogP contribution in [0, 0.1) is 17.8 Å². The fourth-order valence-corrected chi connectivity index (χ4v) is 5.82. The third-order valence-electron chi connectivity index (χ3n) is 6.56. The Morgan fingerprint density at radius 3 is 2.27 bits per heavy atom. The number of hydrogen-bond acceptors (Lipinski definition) is 3. The first-order valence-corrected chi connectivity index (χ1v) is 10.7. The van der Waals surface area contributed by atoms with Crippen LogP contribution < -0.4 is 10.6 Å². The van der Waals surface area contributed by atoms with Crippen LogP contribution in [-0.4, -0.2) is 30.2 Å². The summed E-state index contributed by atoms with van der Waals surface area (Å²) in [7, 11) is 0. The van der Waals surface area contributed by atoms with E-state index in [1.165, 1.54) is 19.3 Å². The summed E-state index contributed by atoms with van der Waals surface area (Å²) < 4.78 is 5.38. The molecule has 4 fully saturated rings. The molecular weight excluding hydrogens is 328 g/mol. The molecule has 4 bridgehead atoms. The van der Waals surface area contributed by atoms with E-state index in [1.807, 2.05) is 6.92 Å². The maximum atomic E-state index is 12.3. The Kier molecular flexibility index (Phi) is 6.46. The number of hydrogen-bond donors (Lipinski definition) is 2. The summed E-state index contributed by atoms with van der Waals surface area (Å²) in [6.07, 6.45) is 11.7. The second-order valence-corrected chi connectivity index (χ2v) is 9.13. The summed E-state index contributed by atoms with van der Waals surface area (Å²) in [5.74, 6) is 2.32. The molecule has 0 aromatic heterocycles. The molecule has 4 aliphatic rings. The highest BCUT2D eigenvalue weighted by molar-refractivity contribution is 5.75. The first kappa shape index (κ1) is 19.5. The Hall–Kier alpha value is -1.26. The zero-order chi connectivity index (χ0) is 18.6. The maximum Gasteiger partial charge on any atom is 0.315 e. The van der Waals surface area contributed by atoms with Gasteiger partial charge in [-0.25, -0.2) is 4.79 Å². The van der Waals surface area contributed by atoms with Crippen LogP contribution in [0.4, 0.5) is 4.79 Å². The van der Waals surface area contributed by atoms with Crippen LogP contribution >= 0.6 is 0 Å². The Morgan fingerprint density at radius 2 is 1.69 bits per heavy atom. The summed E-state index contributed by atoms with van der Waals surface area (Å²) in [6.45, 7) is 4.61. The molecule has 0 aromatic rings. The first-order chi connectivity index (χ1) is 12.5. The lowest BCUT2D eigenvalue weighted by Crippen LogP contribution is -2.61. The van der Waals surface area contributed by atoms with Gasteiger partial charge in [-0.05, 0) is 76.0 Å². The Labute approximate surface area is 158 Å². The Morgan fingerprint density at radius 1 is 1.08 bits per heavy atom. The number of urea groups is 1. The third kappa shape index (κ3) is 5.14. The molecule has 0 radical (unpaired) electrons. The van der Waals surface area contributed by atoms with Crippen LogP contribution in [0.3, 0.4) is 0 Å². The van der Waals surface area contributed by atoms with Crippen molar-refractivity contribution in [2.24, 2.45) is 17.8 Å². The van der Waals surface area contributed by atoms with E-state index in [9.17, 15) is 9.59 Å². The molecule has 0 spiro atoms. The average molecular weight is 365 g/mol. The van der Waals surface area contributed by atoms with E-state index in [2.05, 4.69) is 17.6 Å². The minimum absolute atomic E-state index is 0.00482. The highest BCUT2D eigenvalue weighted by atomic mass is 16.5. The van der Waals surface area contributed by atoms with E-state index in [0.29, 0.717) is 19.4 Å². The van der Waals surface area contributed by atoms with E-state index in [4.69, 9.17) is 4.74 Å². The normalized spacial score (nSPS) is 32.9. The van der Waals surface area contributed by atoms with Gasteiger partial charge in [0.25, 0.3) is 0 Å². The van der Waals surface area contributed by atoms with Crippen LogP contribution in [0.1, 0.15) is 84.5 Å². The number of ether oxygens (including phenoxy) is 1. The molecule has 0 saturated heterocycles. The van der Waals surface area contributed by atoms with Gasteiger partial charge in [0.1, 0.15) is 0 Å². The highest BCUT2D eigenvalue weighted by Crippen LogP contribution is 2.55. The van der Waals surface area contributed by atoms with Crippen molar-refractivity contribution in [3.05, 3.63) is 0 Å². The van der Waals surface area contributed by atoms with Crippen molar-refractivity contribution in [2.75, 3.05) is 6.54 Å². The molecule has 4 saturated carbocycles. The lowest BCUT2D eigenvalue weighted by Gasteiger charge is -2.56. The Balaban J connectivity index is 1.31. The van der Waals surface area contributed by atoms with Gasteiger partial charge in [-0.3, -0.25) is 4.79 Å². The molecule has 0 aliphatic heterocycles. The van der Waals surface area contributed by atoms with Crippen molar-refractivity contribution < 1.29 is 14.3 Å². The quantitative estimate of drug-likeness (QED) is 0.477. The third-order valence-corrected chi connectivity index (χ3v) is 6.56. The monoisotopic (exact) mass is 364 g/mol. The summed E-state index contributed by atoms with van der Waals surface area (Å²) in [5.41, 5.74) is 0.0481. The number of nitrogens with one attached hydrogen (secondary N) is 2. The molecule has 2 N–H and O–H groups in total. The molecule has 5 heteroatoms. The molecule has 4 rings (SSSR count). The molecule has 2 amide bonds. The van der Waals surface area contributed by atoms with Crippen LogP contribution in [0.5, 0.6) is 0 Å². The van der Waals surface area contributed by atoms with Crippen molar-refractivity contribution in [1.82, 2.24) is 10.6 Å². The van der Waals surface area contributed by atoms with Crippen molar-refractivity contribution in [1.29, 1.82) is 0 Å². The second kappa shape index (κ2) is 8.62. The second-order valence-electron chi connectivity index (χ2n) is 9.13. The maximum absolute atomic E-state index is 12.3. The van der Waals surface area contributed by atoms with Gasteiger partial charge in [0.05, 0.1) is 6.10 Å². The van der Waals surface area contributed by atoms with Gasteiger partial charge in [-0.1, -0.05) is 19.8 Å². The van der Waals surface area contributed by atoms with E-state index in [-0.39, 0.29) is 23.6 Å². The van der Waals surface area contributed by atoms with Crippen LogP contribution in [0.25, 0.3) is 0 Å². The molecule has 1 atom stereocenters. The Bertz CT molecular complexity index is 470. The van der Waals surface area contributed by atoms with Crippen molar-refractivity contribution in [3.8, 4) is 0 Å². The molecular formula is C21H36N2O3. The van der Waals surface area contributed by atoms with E-state index < -0.39 is 0 Å². The molecule has 148 valence electrons. The van der Waals surface area contributed by atoms with Gasteiger partial charge >= 0.3 is 12.0 Å². The number of carbonyl (C=O) groups is 2. The molecule has 26 heavy (non-hydrogen) atoms. The van der Waals surface area contributed by atoms with Crippen molar-refractivity contribution >= 4 is 12.0 Å². The summed E-state index contributed by atoms with van der Waals surface area (Å²) >= 11 is 0. The van der Waals surface area contributed by atoms with Crippen molar-refractivity contribution in [3.63, 3.8) is 0 Å². The van der Waals surface area contributed by atoms with E-state index >= 15 is 0 Å².